The van der Waals surface area contributed by atoms with Crippen LogP contribution in [-0.2, 0) is 29.0 Å². The number of benzene rings is 3. The number of rotatable bonds is 8. The zero-order valence-corrected chi connectivity index (χ0v) is 23.3. The Balaban J connectivity index is 2.04. The summed E-state index contributed by atoms with van der Waals surface area (Å²) < 4.78 is 0. The van der Waals surface area contributed by atoms with E-state index in [-0.39, 0.29) is 24.8 Å². The summed E-state index contributed by atoms with van der Waals surface area (Å²) in [4.78, 5) is 29.0. The van der Waals surface area contributed by atoms with Crippen molar-refractivity contribution in [1.82, 2.24) is 10.2 Å². The fourth-order valence-electron chi connectivity index (χ4n) is 3.77. The van der Waals surface area contributed by atoms with Crippen LogP contribution in [0.3, 0.4) is 0 Å². The van der Waals surface area contributed by atoms with Crippen LogP contribution in [0.15, 0.2) is 66.7 Å². The Morgan fingerprint density at radius 1 is 0.833 bits per heavy atom. The van der Waals surface area contributed by atoms with E-state index < -0.39 is 11.6 Å². The molecule has 0 aromatic heterocycles. The van der Waals surface area contributed by atoms with Crippen LogP contribution in [0, 0.1) is 0 Å². The molecule has 0 radical (unpaired) electrons. The van der Waals surface area contributed by atoms with Crippen LogP contribution >= 0.6 is 46.4 Å². The summed E-state index contributed by atoms with van der Waals surface area (Å²) in [5, 5.41) is 4.81. The number of carbonyl (C=O) groups excluding carboxylic acids is 2. The first kappa shape index (κ1) is 28.3. The van der Waals surface area contributed by atoms with Crippen molar-refractivity contribution in [3.8, 4) is 0 Å². The third-order valence-electron chi connectivity index (χ3n) is 5.48. The molecule has 0 saturated heterocycles. The second kappa shape index (κ2) is 12.3. The fraction of sp³-hybridized carbons (Fsp3) is 0.286. The molecule has 0 unspecified atom stereocenters. The summed E-state index contributed by atoms with van der Waals surface area (Å²) in [6, 6.07) is 18.9. The van der Waals surface area contributed by atoms with Crippen molar-refractivity contribution in [3.05, 3.63) is 104 Å². The molecule has 190 valence electrons. The van der Waals surface area contributed by atoms with Crippen LogP contribution in [0.25, 0.3) is 0 Å². The molecule has 4 nitrogen and oxygen atoms in total. The monoisotopic (exact) mass is 564 g/mol. The van der Waals surface area contributed by atoms with Crippen molar-refractivity contribution < 1.29 is 9.59 Å². The predicted molar refractivity (Wildman–Crippen MR) is 149 cm³/mol. The van der Waals surface area contributed by atoms with Gasteiger partial charge >= 0.3 is 0 Å². The smallest absolute Gasteiger partial charge is 0.243 e. The van der Waals surface area contributed by atoms with Gasteiger partial charge in [0.25, 0.3) is 0 Å². The Hall–Kier alpha value is -2.24. The van der Waals surface area contributed by atoms with Crippen LogP contribution in [0.4, 0.5) is 0 Å². The normalized spacial score (nSPS) is 12.2. The van der Waals surface area contributed by atoms with Crippen LogP contribution in [-0.4, -0.2) is 28.3 Å². The molecule has 3 aromatic rings. The highest BCUT2D eigenvalue weighted by atomic mass is 35.5. The van der Waals surface area contributed by atoms with Gasteiger partial charge in [0.1, 0.15) is 6.04 Å². The van der Waals surface area contributed by atoms with Crippen molar-refractivity contribution in [2.24, 2.45) is 0 Å². The Morgan fingerprint density at radius 3 is 1.92 bits per heavy atom. The number of halogens is 4. The summed E-state index contributed by atoms with van der Waals surface area (Å²) in [6.07, 6.45) is 0.323. The summed E-state index contributed by atoms with van der Waals surface area (Å²) in [6.45, 7) is 5.83. The van der Waals surface area contributed by atoms with E-state index in [4.69, 9.17) is 46.4 Å². The van der Waals surface area contributed by atoms with Gasteiger partial charge in [0, 0.05) is 38.6 Å². The lowest BCUT2D eigenvalue weighted by Gasteiger charge is -2.34. The molecule has 1 atom stereocenters. The summed E-state index contributed by atoms with van der Waals surface area (Å²) in [5.41, 5.74) is 1.74. The largest absolute Gasteiger partial charge is 0.350 e. The minimum absolute atomic E-state index is 0.00466. The number of nitrogens with one attached hydrogen (secondary N) is 1. The van der Waals surface area contributed by atoms with E-state index in [9.17, 15) is 9.59 Å². The summed E-state index contributed by atoms with van der Waals surface area (Å²) in [5.74, 6) is -0.526. The molecular formula is C28H28Cl4N2O2. The molecule has 0 fully saturated rings. The van der Waals surface area contributed by atoms with E-state index in [1.807, 2.05) is 51.1 Å². The minimum atomic E-state index is -0.794. The molecule has 0 aliphatic carbocycles. The van der Waals surface area contributed by atoms with Crippen LogP contribution in [0.1, 0.15) is 37.5 Å². The maximum absolute atomic E-state index is 13.8. The van der Waals surface area contributed by atoms with E-state index in [1.165, 1.54) is 0 Å². The van der Waals surface area contributed by atoms with Crippen molar-refractivity contribution in [2.45, 2.75) is 51.7 Å². The van der Waals surface area contributed by atoms with Gasteiger partial charge < -0.3 is 10.2 Å². The predicted octanol–water partition coefficient (Wildman–Crippen LogP) is 7.40. The molecule has 0 aliphatic rings. The molecule has 0 heterocycles. The third kappa shape index (κ3) is 8.14. The van der Waals surface area contributed by atoms with Gasteiger partial charge in [0.05, 0.1) is 6.42 Å². The maximum atomic E-state index is 13.8. The molecule has 1 N–H and O–H groups in total. The van der Waals surface area contributed by atoms with Crippen molar-refractivity contribution >= 4 is 58.2 Å². The molecule has 3 rings (SSSR count). The topological polar surface area (TPSA) is 49.4 Å². The first-order valence-corrected chi connectivity index (χ1v) is 13.0. The van der Waals surface area contributed by atoms with Crippen molar-refractivity contribution in [1.29, 1.82) is 0 Å². The number of amides is 2. The quantitative estimate of drug-likeness (QED) is 0.309. The Bertz CT molecular complexity index is 1230. The number of nitrogens with zero attached hydrogens (tertiary/aromatic N) is 1. The third-order valence-corrected chi connectivity index (χ3v) is 6.66. The van der Waals surface area contributed by atoms with Gasteiger partial charge in [-0.1, -0.05) is 88.9 Å². The van der Waals surface area contributed by atoms with E-state index in [0.717, 1.165) is 5.56 Å². The van der Waals surface area contributed by atoms with Gasteiger partial charge in [-0.25, -0.2) is 0 Å². The van der Waals surface area contributed by atoms with Crippen LogP contribution < -0.4 is 5.32 Å². The highest BCUT2D eigenvalue weighted by Crippen LogP contribution is 2.26. The lowest BCUT2D eigenvalue weighted by Crippen LogP contribution is -2.54. The van der Waals surface area contributed by atoms with Gasteiger partial charge in [-0.3, -0.25) is 9.59 Å². The molecule has 0 aliphatic heterocycles. The number of carbonyl (C=O) groups is 2. The van der Waals surface area contributed by atoms with E-state index in [0.29, 0.717) is 37.6 Å². The van der Waals surface area contributed by atoms with E-state index >= 15 is 0 Å². The van der Waals surface area contributed by atoms with Gasteiger partial charge in [0.2, 0.25) is 11.8 Å². The first-order chi connectivity index (χ1) is 16.9. The molecule has 0 bridgehead atoms. The van der Waals surface area contributed by atoms with Crippen LogP contribution in [0.2, 0.25) is 20.1 Å². The summed E-state index contributed by atoms with van der Waals surface area (Å²) in [7, 11) is 0. The second-order valence-corrected chi connectivity index (χ2v) is 11.3. The van der Waals surface area contributed by atoms with Gasteiger partial charge in [-0.2, -0.15) is 0 Å². The zero-order chi connectivity index (χ0) is 26.5. The zero-order valence-electron chi connectivity index (χ0n) is 20.3. The van der Waals surface area contributed by atoms with Gasteiger partial charge in [-0.15, -0.1) is 0 Å². The standard InChI is InChI=1S/C28H28Cl4N2O2/c1-28(2,3)33-27(36)25(13-18-7-5-4-6-8-18)34(17-20-10-12-22(30)16-24(20)32)26(35)14-19-9-11-21(29)15-23(19)31/h4-12,15-16,25H,13-14,17H2,1-3H3,(H,33,36)/t25-/m0/s1. The van der Waals surface area contributed by atoms with Crippen molar-refractivity contribution in [2.75, 3.05) is 0 Å². The fourth-order valence-corrected chi connectivity index (χ4v) is 4.71. The minimum Gasteiger partial charge on any atom is -0.350 e. The molecule has 0 saturated carbocycles. The lowest BCUT2D eigenvalue weighted by molar-refractivity contribution is -0.141. The maximum Gasteiger partial charge on any atom is 0.243 e. The molecule has 36 heavy (non-hydrogen) atoms. The summed E-state index contributed by atoms with van der Waals surface area (Å²) >= 11 is 25.0. The first-order valence-electron chi connectivity index (χ1n) is 11.5. The Morgan fingerprint density at radius 2 is 1.39 bits per heavy atom. The highest BCUT2D eigenvalue weighted by molar-refractivity contribution is 6.35. The molecule has 8 heteroatoms. The Labute approximate surface area is 232 Å². The number of hydrogen-bond acceptors (Lipinski definition) is 2. The molecular weight excluding hydrogens is 538 g/mol. The molecule has 3 aromatic carbocycles. The van der Waals surface area contributed by atoms with Crippen LogP contribution in [0.5, 0.6) is 0 Å². The Kier molecular flexibility index (Phi) is 9.71. The van der Waals surface area contributed by atoms with Gasteiger partial charge in [0.15, 0.2) is 0 Å². The molecule has 0 spiro atoms. The number of hydrogen-bond donors (Lipinski definition) is 1. The average molecular weight is 566 g/mol. The lowest BCUT2D eigenvalue weighted by atomic mass is 9.99. The molecule has 2 amide bonds. The highest BCUT2D eigenvalue weighted by Gasteiger charge is 2.32. The van der Waals surface area contributed by atoms with E-state index in [1.54, 1.807) is 41.3 Å². The average Bonchev–Trinajstić information content (AvgIpc) is 2.78. The van der Waals surface area contributed by atoms with Gasteiger partial charge in [-0.05, 0) is 61.7 Å². The SMILES string of the molecule is CC(C)(C)NC(=O)[C@H](Cc1ccccc1)N(Cc1ccc(Cl)cc1Cl)C(=O)Cc1ccc(Cl)cc1Cl. The second-order valence-electron chi connectivity index (χ2n) is 9.61. The van der Waals surface area contributed by atoms with E-state index in [2.05, 4.69) is 5.32 Å². The van der Waals surface area contributed by atoms with Crippen molar-refractivity contribution in [3.63, 3.8) is 0 Å².